The van der Waals surface area contributed by atoms with Gasteiger partial charge in [-0.15, -0.1) is 0 Å². The summed E-state index contributed by atoms with van der Waals surface area (Å²) in [5.41, 5.74) is -3.34. The van der Waals surface area contributed by atoms with Crippen molar-refractivity contribution in [1.29, 1.82) is 0 Å². The highest BCUT2D eigenvalue weighted by Gasteiger charge is 2.79. The number of nitrogens with one attached hydrogen (secondary N) is 1. The maximum absolute atomic E-state index is 13.1. The molecule has 0 spiro atoms. The average Bonchev–Trinajstić information content (AvgIpc) is 2.91. The van der Waals surface area contributed by atoms with Crippen molar-refractivity contribution in [3.8, 4) is 0 Å². The summed E-state index contributed by atoms with van der Waals surface area (Å²) in [6, 6.07) is 16.7. The van der Waals surface area contributed by atoms with Gasteiger partial charge in [0.05, 0.1) is 0 Å². The van der Waals surface area contributed by atoms with E-state index in [0.29, 0.717) is 16.2 Å². The quantitative estimate of drug-likeness (QED) is 0.497. The molecule has 2 heterocycles. The smallest absolute Gasteiger partial charge is 0.310 e. The Hall–Kier alpha value is -3.56. The lowest BCUT2D eigenvalue weighted by molar-refractivity contribution is -0.229. The lowest BCUT2D eigenvalue weighted by Crippen LogP contribution is -2.74. The normalized spacial score (nSPS) is 30.1. The van der Waals surface area contributed by atoms with Gasteiger partial charge in [0.25, 0.3) is 11.8 Å². The zero-order valence-corrected chi connectivity index (χ0v) is 16.3. The minimum atomic E-state index is -2.18. The van der Waals surface area contributed by atoms with Crippen LogP contribution in [0.5, 0.6) is 0 Å². The number of nitrogens with zero attached hydrogens (tertiary/aromatic N) is 1. The summed E-state index contributed by atoms with van der Waals surface area (Å²) in [4.78, 5) is 50.9. The van der Waals surface area contributed by atoms with Crippen LogP contribution in [0.25, 0.3) is 0 Å². The van der Waals surface area contributed by atoms with Crippen molar-refractivity contribution in [2.24, 2.45) is 11.8 Å². The summed E-state index contributed by atoms with van der Waals surface area (Å²) >= 11 is 0. The molecule has 4 N–H and O–H groups in total. The number of hydrogen-bond donors (Lipinski definition) is 4. The highest BCUT2D eigenvalue weighted by molar-refractivity contribution is 6.13. The molecule has 2 fully saturated rings. The lowest BCUT2D eigenvalue weighted by Gasteiger charge is -2.45. The molecule has 160 valence electrons. The number of benzene rings is 2. The van der Waals surface area contributed by atoms with E-state index >= 15 is 0 Å². The van der Waals surface area contributed by atoms with Crippen LogP contribution < -0.4 is 5.32 Å². The Labute approximate surface area is 176 Å². The Kier molecular flexibility index (Phi) is 4.87. The number of carboxylic acids is 2. The summed E-state index contributed by atoms with van der Waals surface area (Å²) in [5.74, 6) is -8.98. The van der Waals surface area contributed by atoms with Gasteiger partial charge in [0, 0.05) is 12.8 Å². The van der Waals surface area contributed by atoms with Crippen LogP contribution in [0.1, 0.15) is 11.1 Å². The van der Waals surface area contributed by atoms with Crippen molar-refractivity contribution in [1.82, 2.24) is 10.4 Å². The van der Waals surface area contributed by atoms with Crippen LogP contribution in [0.4, 0.5) is 0 Å². The first-order valence-electron chi connectivity index (χ1n) is 9.63. The van der Waals surface area contributed by atoms with Gasteiger partial charge in [0.1, 0.15) is 22.9 Å². The molecule has 2 aliphatic heterocycles. The molecule has 0 saturated carbocycles. The van der Waals surface area contributed by atoms with E-state index in [0.717, 1.165) is 0 Å². The van der Waals surface area contributed by atoms with Gasteiger partial charge in [0.15, 0.2) is 0 Å². The molecule has 2 saturated heterocycles. The molecule has 2 amide bonds. The van der Waals surface area contributed by atoms with Crippen molar-refractivity contribution in [3.63, 3.8) is 0 Å². The first-order valence-corrected chi connectivity index (χ1v) is 9.63. The van der Waals surface area contributed by atoms with Crippen LogP contribution in [-0.4, -0.2) is 55.3 Å². The van der Waals surface area contributed by atoms with Gasteiger partial charge in [-0.2, -0.15) is 5.06 Å². The van der Waals surface area contributed by atoms with Gasteiger partial charge in [-0.05, 0) is 11.1 Å². The molecule has 2 bridgehead atoms. The van der Waals surface area contributed by atoms with Crippen molar-refractivity contribution in [2.75, 3.05) is 0 Å². The molecule has 2 aromatic carbocycles. The first kappa shape index (κ1) is 20.7. The minimum Gasteiger partial charge on any atom is -0.481 e. The van der Waals surface area contributed by atoms with E-state index in [1.807, 2.05) is 0 Å². The van der Waals surface area contributed by atoms with Crippen LogP contribution in [0.2, 0.25) is 0 Å². The number of fused-ring (bicyclic) bond motifs is 2. The molecule has 2 aliphatic rings. The summed E-state index contributed by atoms with van der Waals surface area (Å²) < 4.78 is 0. The molecule has 0 radical (unpaired) electrons. The van der Waals surface area contributed by atoms with Crippen LogP contribution in [0.3, 0.4) is 0 Å². The number of rotatable bonds is 6. The number of carbonyl (C=O) groups is 4. The first-order chi connectivity index (χ1) is 14.7. The predicted molar refractivity (Wildman–Crippen MR) is 105 cm³/mol. The SMILES string of the molecule is O=C(O)[C@@H]1[C@@H](C(=O)O)[C@@]2(Cc3ccccc3)C(=O)NC(=O)[C@]1(Cc1ccccc1)N2O. The Morgan fingerprint density at radius 3 is 1.45 bits per heavy atom. The van der Waals surface area contributed by atoms with Crippen molar-refractivity contribution in [2.45, 2.75) is 23.9 Å². The standard InChI is InChI=1S/C22H20N2O7/c25-17(26)15-16(18(27)28)22(12-14-9-5-2-6-10-14)20(30)23-19(29)21(15,24(22)31)11-13-7-3-1-4-8-13/h1-10,15-16,31H,11-12H2,(H,25,26)(H,27,28)(H,23,29,30)/t15-,16-,21-,22+/m0/s1. The highest BCUT2D eigenvalue weighted by Crippen LogP contribution is 2.54. The Morgan fingerprint density at radius 2 is 1.13 bits per heavy atom. The monoisotopic (exact) mass is 424 g/mol. The van der Waals surface area contributed by atoms with Crippen LogP contribution >= 0.6 is 0 Å². The van der Waals surface area contributed by atoms with Gasteiger partial charge in [-0.3, -0.25) is 24.5 Å². The van der Waals surface area contributed by atoms with E-state index in [9.17, 15) is 34.6 Å². The fourth-order valence-electron chi connectivity index (χ4n) is 5.00. The summed E-state index contributed by atoms with van der Waals surface area (Å²) in [6.45, 7) is 0. The van der Waals surface area contributed by atoms with E-state index in [2.05, 4.69) is 5.32 Å². The number of carbonyl (C=O) groups excluding carboxylic acids is 2. The van der Waals surface area contributed by atoms with Gasteiger partial charge in [-0.25, -0.2) is 0 Å². The zero-order valence-electron chi connectivity index (χ0n) is 16.3. The fraction of sp³-hybridized carbons (Fsp3) is 0.273. The Bertz CT molecular complexity index is 975. The molecular formula is C22H20N2O7. The van der Waals surface area contributed by atoms with Crippen molar-refractivity contribution < 1.29 is 34.6 Å². The molecular weight excluding hydrogens is 404 g/mol. The predicted octanol–water partition coefficient (Wildman–Crippen LogP) is 0.712. The van der Waals surface area contributed by atoms with E-state index in [1.54, 1.807) is 60.7 Å². The van der Waals surface area contributed by atoms with Gasteiger partial charge < -0.3 is 15.4 Å². The summed E-state index contributed by atoms with van der Waals surface area (Å²) in [5, 5.41) is 34.0. The Morgan fingerprint density at radius 1 is 0.774 bits per heavy atom. The number of piperazine rings is 1. The van der Waals surface area contributed by atoms with Gasteiger partial charge in [-0.1, -0.05) is 60.7 Å². The fourth-order valence-corrected chi connectivity index (χ4v) is 5.00. The van der Waals surface area contributed by atoms with E-state index in [-0.39, 0.29) is 12.8 Å². The summed E-state index contributed by atoms with van der Waals surface area (Å²) in [7, 11) is 0. The molecule has 9 nitrogen and oxygen atoms in total. The van der Waals surface area contributed by atoms with Gasteiger partial charge >= 0.3 is 11.9 Å². The van der Waals surface area contributed by atoms with Crippen LogP contribution in [-0.2, 0) is 32.0 Å². The molecule has 0 aromatic heterocycles. The summed E-state index contributed by atoms with van der Waals surface area (Å²) in [6.07, 6.45) is -0.582. The van der Waals surface area contributed by atoms with Crippen molar-refractivity contribution >= 4 is 23.8 Å². The molecule has 4 atom stereocenters. The molecule has 31 heavy (non-hydrogen) atoms. The van der Waals surface area contributed by atoms with Gasteiger partial charge in [0.2, 0.25) is 0 Å². The maximum atomic E-state index is 13.1. The molecule has 9 heteroatoms. The number of carboxylic acid groups (broad SMARTS) is 2. The third-order valence-corrected chi connectivity index (χ3v) is 6.30. The largest absolute Gasteiger partial charge is 0.481 e. The van der Waals surface area contributed by atoms with E-state index in [1.165, 1.54) is 0 Å². The highest BCUT2D eigenvalue weighted by atomic mass is 16.5. The number of amides is 2. The third-order valence-electron chi connectivity index (χ3n) is 6.30. The second kappa shape index (κ2) is 7.29. The minimum absolute atomic E-state index is 0.291. The lowest BCUT2D eigenvalue weighted by atomic mass is 9.72. The number of aliphatic carboxylic acids is 2. The average molecular weight is 424 g/mol. The van der Waals surface area contributed by atoms with Crippen LogP contribution in [0.15, 0.2) is 60.7 Å². The topological polar surface area (TPSA) is 144 Å². The van der Waals surface area contributed by atoms with E-state index < -0.39 is 46.7 Å². The second-order valence-corrected chi connectivity index (χ2v) is 7.90. The van der Waals surface area contributed by atoms with Crippen molar-refractivity contribution in [3.05, 3.63) is 71.8 Å². The van der Waals surface area contributed by atoms with Crippen LogP contribution in [0, 0.1) is 11.8 Å². The second-order valence-electron chi connectivity index (χ2n) is 7.90. The molecule has 0 aliphatic carbocycles. The number of hydroxylamine groups is 2. The molecule has 4 rings (SSSR count). The Balaban J connectivity index is 1.96. The molecule has 0 unspecified atom stereocenters. The van der Waals surface area contributed by atoms with E-state index in [4.69, 9.17) is 0 Å². The third kappa shape index (κ3) is 2.85. The zero-order chi connectivity index (χ0) is 22.4. The molecule has 2 aromatic rings. The maximum Gasteiger partial charge on any atom is 0.310 e. The number of imide groups is 1. The number of hydrogen-bond acceptors (Lipinski definition) is 6.